The molecule has 3 N–H and O–H groups in total. The molecule has 0 bridgehead atoms. The smallest absolute Gasteiger partial charge is 0.341 e. The van der Waals surface area contributed by atoms with Crippen LogP contribution in [0, 0.1) is 6.92 Å². The van der Waals surface area contributed by atoms with Gasteiger partial charge in [0.1, 0.15) is 5.00 Å². The summed E-state index contributed by atoms with van der Waals surface area (Å²) in [5.74, 6) is -1.73. The molecule has 1 aromatic carbocycles. The van der Waals surface area contributed by atoms with Gasteiger partial charge in [-0.3, -0.25) is 9.59 Å². The first kappa shape index (κ1) is 19.2. The van der Waals surface area contributed by atoms with Crippen molar-refractivity contribution in [3.05, 3.63) is 49.8 Å². The number of ether oxygens (including phenoxy) is 1. The van der Waals surface area contributed by atoms with Crippen LogP contribution in [0.2, 0.25) is 10.0 Å². The molecule has 0 aliphatic rings. The second-order valence-electron chi connectivity index (χ2n) is 5.09. The topological polar surface area (TPSA) is 98.5 Å². The van der Waals surface area contributed by atoms with Crippen molar-refractivity contribution in [2.24, 2.45) is 5.73 Å². The maximum Gasteiger partial charge on any atom is 0.341 e. The van der Waals surface area contributed by atoms with Crippen molar-refractivity contribution in [3.8, 4) is 0 Å². The first-order valence-corrected chi connectivity index (χ1v) is 8.57. The molecule has 2 rings (SSSR count). The number of benzene rings is 1. The molecular weight excluding hydrogens is 387 g/mol. The minimum atomic E-state index is -0.683. The summed E-state index contributed by atoms with van der Waals surface area (Å²) in [7, 11) is 1.21. The van der Waals surface area contributed by atoms with Crippen molar-refractivity contribution in [2.75, 3.05) is 12.4 Å². The fourth-order valence-corrected chi connectivity index (χ4v) is 3.57. The van der Waals surface area contributed by atoms with E-state index in [-0.39, 0.29) is 27.8 Å². The van der Waals surface area contributed by atoms with Crippen LogP contribution < -0.4 is 11.1 Å². The molecule has 0 radical (unpaired) electrons. The molecule has 0 fully saturated rings. The highest BCUT2D eigenvalue weighted by atomic mass is 35.5. The molecule has 0 aliphatic carbocycles. The van der Waals surface area contributed by atoms with Crippen molar-refractivity contribution >= 4 is 57.3 Å². The van der Waals surface area contributed by atoms with Gasteiger partial charge in [0.05, 0.1) is 34.0 Å². The van der Waals surface area contributed by atoms with Crippen molar-refractivity contribution in [1.29, 1.82) is 0 Å². The monoisotopic (exact) mass is 400 g/mol. The van der Waals surface area contributed by atoms with Gasteiger partial charge in [-0.1, -0.05) is 29.3 Å². The highest BCUT2D eigenvalue weighted by Gasteiger charge is 2.25. The zero-order valence-corrected chi connectivity index (χ0v) is 15.6. The van der Waals surface area contributed by atoms with Crippen LogP contribution in [0.3, 0.4) is 0 Å². The van der Waals surface area contributed by atoms with Gasteiger partial charge in [-0.05, 0) is 30.2 Å². The van der Waals surface area contributed by atoms with E-state index in [0.29, 0.717) is 21.2 Å². The number of anilines is 1. The zero-order valence-electron chi connectivity index (χ0n) is 13.3. The molecule has 0 spiro atoms. The van der Waals surface area contributed by atoms with E-state index in [9.17, 15) is 14.4 Å². The van der Waals surface area contributed by atoms with Gasteiger partial charge in [-0.25, -0.2) is 4.79 Å². The molecule has 9 heteroatoms. The van der Waals surface area contributed by atoms with E-state index in [1.807, 2.05) is 0 Å². The summed E-state index contributed by atoms with van der Waals surface area (Å²) in [6.45, 7) is 1.57. The average molecular weight is 401 g/mol. The van der Waals surface area contributed by atoms with Crippen molar-refractivity contribution in [1.82, 2.24) is 0 Å². The molecule has 1 heterocycles. The second kappa shape index (κ2) is 7.86. The average Bonchev–Trinajstić information content (AvgIpc) is 2.86. The summed E-state index contributed by atoms with van der Waals surface area (Å²) in [4.78, 5) is 35.9. The van der Waals surface area contributed by atoms with Crippen LogP contribution in [0.15, 0.2) is 18.2 Å². The molecule has 2 amide bonds. The van der Waals surface area contributed by atoms with E-state index in [2.05, 4.69) is 5.32 Å². The minimum absolute atomic E-state index is 0.0142. The Labute approximate surface area is 157 Å². The van der Waals surface area contributed by atoms with Gasteiger partial charge in [0.25, 0.3) is 5.91 Å². The number of thiophene rings is 1. The number of esters is 1. The van der Waals surface area contributed by atoms with Gasteiger partial charge in [0.2, 0.25) is 5.91 Å². The number of nitrogens with two attached hydrogens (primary N) is 1. The molecule has 0 aliphatic heterocycles. The van der Waals surface area contributed by atoms with Crippen LogP contribution in [0.1, 0.15) is 31.2 Å². The third-order valence-corrected chi connectivity index (χ3v) is 5.32. The fourth-order valence-electron chi connectivity index (χ4n) is 2.19. The number of rotatable bonds is 5. The van der Waals surface area contributed by atoms with Crippen LogP contribution in [0.25, 0.3) is 0 Å². The van der Waals surface area contributed by atoms with Crippen molar-refractivity contribution < 1.29 is 19.1 Å². The van der Waals surface area contributed by atoms with Gasteiger partial charge >= 0.3 is 5.97 Å². The largest absolute Gasteiger partial charge is 0.465 e. The third kappa shape index (κ3) is 4.31. The molecule has 0 saturated carbocycles. The molecule has 2 aromatic rings. The first-order valence-electron chi connectivity index (χ1n) is 6.99. The Hall–Kier alpha value is -2.09. The Morgan fingerprint density at radius 2 is 1.92 bits per heavy atom. The number of carbonyl (C=O) groups excluding carboxylic acids is 3. The Morgan fingerprint density at radius 3 is 2.48 bits per heavy atom. The van der Waals surface area contributed by atoms with Gasteiger partial charge in [0.15, 0.2) is 0 Å². The summed E-state index contributed by atoms with van der Waals surface area (Å²) in [5.41, 5.74) is 6.44. The molecule has 0 saturated heterocycles. The van der Waals surface area contributed by atoms with E-state index >= 15 is 0 Å². The van der Waals surface area contributed by atoms with Crippen molar-refractivity contribution in [3.63, 3.8) is 0 Å². The van der Waals surface area contributed by atoms with Gasteiger partial charge < -0.3 is 15.8 Å². The Bertz CT molecular complexity index is 864. The van der Waals surface area contributed by atoms with Crippen LogP contribution in [0.5, 0.6) is 0 Å². The van der Waals surface area contributed by atoms with Gasteiger partial charge in [-0.15, -0.1) is 11.3 Å². The number of carbonyl (C=O) groups is 3. The quantitative estimate of drug-likeness (QED) is 0.750. The summed E-state index contributed by atoms with van der Waals surface area (Å²) in [5, 5.41) is 3.56. The molecule has 6 nitrogen and oxygen atoms in total. The van der Waals surface area contributed by atoms with Crippen LogP contribution >= 0.6 is 34.5 Å². The van der Waals surface area contributed by atoms with Crippen LogP contribution in [0.4, 0.5) is 5.00 Å². The van der Waals surface area contributed by atoms with Crippen LogP contribution in [-0.4, -0.2) is 24.9 Å². The lowest BCUT2D eigenvalue weighted by molar-refractivity contribution is -0.115. The molecule has 0 atom stereocenters. The number of hydrogen-bond acceptors (Lipinski definition) is 5. The third-order valence-electron chi connectivity index (χ3n) is 3.36. The first-order chi connectivity index (χ1) is 11.7. The second-order valence-corrected chi connectivity index (χ2v) is 6.92. The lowest BCUT2D eigenvalue weighted by Gasteiger charge is -2.07. The molecule has 0 unspecified atom stereocenters. The number of nitrogens with one attached hydrogen (secondary N) is 1. The summed E-state index contributed by atoms with van der Waals surface area (Å²) in [6.07, 6.45) is 0.0142. The number of methoxy groups -OCH3 is 1. The highest BCUT2D eigenvalue weighted by Crippen LogP contribution is 2.33. The molecule has 132 valence electrons. The lowest BCUT2D eigenvalue weighted by atomic mass is 10.1. The zero-order chi connectivity index (χ0) is 18.7. The van der Waals surface area contributed by atoms with E-state index in [1.54, 1.807) is 25.1 Å². The molecule has 1 aromatic heterocycles. The number of primary amides is 1. The van der Waals surface area contributed by atoms with Crippen LogP contribution in [-0.2, 0) is 16.0 Å². The SMILES string of the molecule is COC(=O)c1c(NC(=O)Cc2ccc(Cl)c(Cl)c2)sc(C(N)=O)c1C. The van der Waals surface area contributed by atoms with Crippen molar-refractivity contribution in [2.45, 2.75) is 13.3 Å². The maximum absolute atomic E-state index is 12.3. The Morgan fingerprint density at radius 1 is 1.24 bits per heavy atom. The minimum Gasteiger partial charge on any atom is -0.465 e. The predicted molar refractivity (Wildman–Crippen MR) is 97.7 cm³/mol. The van der Waals surface area contributed by atoms with Gasteiger partial charge in [0, 0.05) is 0 Å². The molecule has 25 heavy (non-hydrogen) atoms. The van der Waals surface area contributed by atoms with E-state index in [4.69, 9.17) is 33.7 Å². The predicted octanol–water partition coefficient (Wildman–Crippen LogP) is 3.43. The van der Waals surface area contributed by atoms with E-state index in [0.717, 1.165) is 11.3 Å². The highest BCUT2D eigenvalue weighted by molar-refractivity contribution is 7.18. The van der Waals surface area contributed by atoms with E-state index in [1.165, 1.54) is 7.11 Å². The van der Waals surface area contributed by atoms with Gasteiger partial charge in [-0.2, -0.15) is 0 Å². The Kier molecular flexibility index (Phi) is 6.05. The number of amides is 2. The lowest BCUT2D eigenvalue weighted by Crippen LogP contribution is -2.16. The maximum atomic E-state index is 12.3. The summed E-state index contributed by atoms with van der Waals surface area (Å²) >= 11 is 12.7. The standard InChI is InChI=1S/C16H14Cl2N2O4S/c1-7-12(16(23)24-2)15(25-13(7)14(19)22)20-11(21)6-8-3-4-9(17)10(18)5-8/h3-5H,6H2,1-2H3,(H2,19,22)(H,20,21). The summed E-state index contributed by atoms with van der Waals surface area (Å²) in [6, 6.07) is 4.84. The molecular formula is C16H14Cl2N2O4S. The number of halogens is 2. The Balaban J connectivity index is 2.27. The summed E-state index contributed by atoms with van der Waals surface area (Å²) < 4.78 is 4.71. The number of hydrogen-bond donors (Lipinski definition) is 2. The fraction of sp³-hybridized carbons (Fsp3) is 0.188. The normalized spacial score (nSPS) is 10.4. The van der Waals surface area contributed by atoms with E-state index < -0.39 is 11.9 Å².